The van der Waals surface area contributed by atoms with Crippen LogP contribution >= 0.6 is 0 Å². The third kappa shape index (κ3) is 2.79. The highest BCUT2D eigenvalue weighted by Gasteiger charge is 2.43. The van der Waals surface area contributed by atoms with Crippen LogP contribution in [0.5, 0.6) is 0 Å². The minimum absolute atomic E-state index is 0.136. The van der Waals surface area contributed by atoms with Gasteiger partial charge in [-0.3, -0.25) is 9.69 Å². The highest BCUT2D eigenvalue weighted by Crippen LogP contribution is 2.36. The maximum Gasteiger partial charge on any atom is 0.308 e. The molecule has 0 aliphatic carbocycles. The molecule has 3 fully saturated rings. The van der Waals surface area contributed by atoms with Gasteiger partial charge in [-0.25, -0.2) is 0 Å². The fourth-order valence-corrected chi connectivity index (χ4v) is 4.40. The number of piperidine rings is 3. The van der Waals surface area contributed by atoms with E-state index in [0.29, 0.717) is 18.0 Å². The van der Waals surface area contributed by atoms with Gasteiger partial charge in [-0.15, -0.1) is 0 Å². The molecular weight excluding hydrogens is 240 g/mol. The third-order valence-electron chi connectivity index (χ3n) is 5.39. The smallest absolute Gasteiger partial charge is 0.308 e. The Morgan fingerprint density at radius 1 is 1.16 bits per heavy atom. The second-order valence-electron chi connectivity index (χ2n) is 6.55. The summed E-state index contributed by atoms with van der Waals surface area (Å²) in [5.74, 6) is -0.170. The van der Waals surface area contributed by atoms with Crippen LogP contribution in [0, 0.1) is 11.8 Å². The molecule has 0 amide bonds. The number of aliphatic carboxylic acids is 1. The first-order valence-corrected chi connectivity index (χ1v) is 7.96. The number of carboxylic acids is 1. The van der Waals surface area contributed by atoms with E-state index < -0.39 is 5.97 Å². The Morgan fingerprint density at radius 3 is 2.74 bits per heavy atom. The maximum absolute atomic E-state index is 11.6. The molecule has 3 rings (SSSR count). The van der Waals surface area contributed by atoms with E-state index in [9.17, 15) is 9.90 Å². The van der Waals surface area contributed by atoms with Crippen LogP contribution in [0.4, 0.5) is 0 Å². The van der Waals surface area contributed by atoms with Gasteiger partial charge in [0.05, 0.1) is 5.92 Å². The van der Waals surface area contributed by atoms with E-state index in [1.807, 2.05) is 0 Å². The van der Waals surface area contributed by atoms with Gasteiger partial charge in [-0.1, -0.05) is 12.8 Å². The standard InChI is InChI=1S/C15H26N2O2/c18-15(19)12-9-11(13-5-1-3-7-16-13)10-17-8-4-2-6-14(12)17/h11-14,16H,1-10H2,(H,18,19)/t11-,12+,13+,14-/m1/s1. The summed E-state index contributed by atoms with van der Waals surface area (Å²) in [6.07, 6.45) is 8.23. The van der Waals surface area contributed by atoms with Crippen molar-refractivity contribution in [2.24, 2.45) is 11.8 Å². The first-order chi connectivity index (χ1) is 9.25. The van der Waals surface area contributed by atoms with Crippen LogP contribution in [0.3, 0.4) is 0 Å². The van der Waals surface area contributed by atoms with Crippen molar-refractivity contribution in [2.75, 3.05) is 19.6 Å². The predicted molar refractivity (Wildman–Crippen MR) is 74.1 cm³/mol. The summed E-state index contributed by atoms with van der Waals surface area (Å²) in [5.41, 5.74) is 0. The highest BCUT2D eigenvalue weighted by atomic mass is 16.4. The van der Waals surface area contributed by atoms with Crippen molar-refractivity contribution >= 4 is 5.97 Å². The Kier molecular flexibility index (Phi) is 4.08. The van der Waals surface area contributed by atoms with Gasteiger partial charge in [0.25, 0.3) is 0 Å². The van der Waals surface area contributed by atoms with E-state index in [0.717, 1.165) is 32.5 Å². The molecule has 108 valence electrons. The Balaban J connectivity index is 1.71. The number of carbonyl (C=O) groups is 1. The minimum Gasteiger partial charge on any atom is -0.481 e. The van der Waals surface area contributed by atoms with Crippen LogP contribution in [-0.2, 0) is 4.79 Å². The van der Waals surface area contributed by atoms with Gasteiger partial charge in [0.2, 0.25) is 0 Å². The summed E-state index contributed by atoms with van der Waals surface area (Å²) in [6, 6.07) is 0.865. The van der Waals surface area contributed by atoms with Crippen molar-refractivity contribution in [1.82, 2.24) is 10.2 Å². The summed E-state index contributed by atoms with van der Waals surface area (Å²) in [5, 5.41) is 13.2. The van der Waals surface area contributed by atoms with Crippen molar-refractivity contribution < 1.29 is 9.90 Å². The van der Waals surface area contributed by atoms with E-state index in [4.69, 9.17) is 0 Å². The van der Waals surface area contributed by atoms with Crippen molar-refractivity contribution in [1.29, 1.82) is 0 Å². The van der Waals surface area contributed by atoms with Crippen molar-refractivity contribution in [3.8, 4) is 0 Å². The molecule has 4 heteroatoms. The van der Waals surface area contributed by atoms with Crippen LogP contribution < -0.4 is 5.32 Å². The fraction of sp³-hybridized carbons (Fsp3) is 0.933. The molecule has 0 radical (unpaired) electrons. The van der Waals surface area contributed by atoms with Gasteiger partial charge >= 0.3 is 5.97 Å². The summed E-state index contributed by atoms with van der Waals surface area (Å²) >= 11 is 0. The molecule has 2 N–H and O–H groups in total. The van der Waals surface area contributed by atoms with Crippen molar-refractivity contribution in [3.05, 3.63) is 0 Å². The van der Waals surface area contributed by atoms with Gasteiger partial charge in [-0.2, -0.15) is 0 Å². The van der Waals surface area contributed by atoms with Gasteiger partial charge in [0.1, 0.15) is 0 Å². The zero-order valence-electron chi connectivity index (χ0n) is 11.7. The average molecular weight is 266 g/mol. The minimum atomic E-state index is -0.572. The van der Waals surface area contributed by atoms with E-state index in [-0.39, 0.29) is 5.92 Å². The number of hydrogen-bond acceptors (Lipinski definition) is 3. The predicted octanol–water partition coefficient (Wildman–Crippen LogP) is 1.70. The molecule has 0 aromatic rings. The molecule has 3 aliphatic heterocycles. The summed E-state index contributed by atoms with van der Waals surface area (Å²) in [7, 11) is 0. The van der Waals surface area contributed by atoms with E-state index >= 15 is 0 Å². The van der Waals surface area contributed by atoms with Crippen molar-refractivity contribution in [2.45, 2.75) is 57.0 Å². The largest absolute Gasteiger partial charge is 0.481 e. The summed E-state index contributed by atoms with van der Waals surface area (Å²) < 4.78 is 0. The number of carboxylic acid groups (broad SMARTS) is 1. The molecule has 0 spiro atoms. The third-order valence-corrected chi connectivity index (χ3v) is 5.39. The van der Waals surface area contributed by atoms with Gasteiger partial charge < -0.3 is 10.4 Å². The lowest BCUT2D eigenvalue weighted by atomic mass is 9.75. The molecule has 0 aromatic carbocycles. The van der Waals surface area contributed by atoms with Gasteiger partial charge in [0.15, 0.2) is 0 Å². The zero-order valence-corrected chi connectivity index (χ0v) is 11.7. The molecule has 19 heavy (non-hydrogen) atoms. The van der Waals surface area contributed by atoms with Crippen LogP contribution in [-0.4, -0.2) is 47.7 Å². The van der Waals surface area contributed by atoms with Crippen LogP contribution in [0.25, 0.3) is 0 Å². The Hall–Kier alpha value is -0.610. The monoisotopic (exact) mass is 266 g/mol. The number of fused-ring (bicyclic) bond motifs is 1. The SMILES string of the molecule is O=C(O)[C@H]1C[C@@H]([C@@H]2CCCCN2)CN2CCCC[C@H]12. The molecule has 4 nitrogen and oxygen atoms in total. The normalized spacial score (nSPS) is 40.6. The quantitative estimate of drug-likeness (QED) is 0.799. The lowest BCUT2D eigenvalue weighted by Crippen LogP contribution is -2.57. The Labute approximate surface area is 115 Å². The second kappa shape index (κ2) is 5.80. The first-order valence-electron chi connectivity index (χ1n) is 7.96. The molecule has 3 saturated heterocycles. The number of hydrogen-bond donors (Lipinski definition) is 2. The second-order valence-corrected chi connectivity index (χ2v) is 6.55. The van der Waals surface area contributed by atoms with E-state index in [1.54, 1.807) is 0 Å². The van der Waals surface area contributed by atoms with Crippen LogP contribution in [0.1, 0.15) is 44.9 Å². The number of rotatable bonds is 2. The highest BCUT2D eigenvalue weighted by molar-refractivity contribution is 5.71. The molecule has 3 heterocycles. The van der Waals surface area contributed by atoms with E-state index in [1.165, 1.54) is 32.1 Å². The first kappa shape index (κ1) is 13.4. The molecule has 0 aromatic heterocycles. The zero-order chi connectivity index (χ0) is 13.2. The lowest BCUT2D eigenvalue weighted by molar-refractivity contribution is -0.148. The summed E-state index contributed by atoms with van der Waals surface area (Å²) in [4.78, 5) is 14.1. The van der Waals surface area contributed by atoms with Gasteiger partial charge in [-0.05, 0) is 51.1 Å². The number of nitrogens with one attached hydrogen (secondary N) is 1. The topological polar surface area (TPSA) is 52.6 Å². The van der Waals surface area contributed by atoms with Crippen molar-refractivity contribution in [3.63, 3.8) is 0 Å². The lowest BCUT2D eigenvalue weighted by Gasteiger charge is -2.48. The number of nitrogens with zero attached hydrogens (tertiary/aromatic N) is 1. The summed E-state index contributed by atoms with van der Waals surface area (Å²) in [6.45, 7) is 3.34. The molecule has 0 saturated carbocycles. The average Bonchev–Trinajstić information content (AvgIpc) is 2.47. The molecule has 4 atom stereocenters. The van der Waals surface area contributed by atoms with Crippen LogP contribution in [0.15, 0.2) is 0 Å². The fourth-order valence-electron chi connectivity index (χ4n) is 4.40. The van der Waals surface area contributed by atoms with Gasteiger partial charge in [0, 0.05) is 18.6 Å². The van der Waals surface area contributed by atoms with Crippen LogP contribution in [0.2, 0.25) is 0 Å². The molecule has 0 bridgehead atoms. The van der Waals surface area contributed by atoms with E-state index in [2.05, 4.69) is 10.2 Å². The molecular formula is C15H26N2O2. The Bertz CT molecular complexity index is 328. The molecule has 0 unspecified atom stereocenters. The Morgan fingerprint density at radius 2 is 2.00 bits per heavy atom. The maximum atomic E-state index is 11.6. The molecule has 3 aliphatic rings.